The maximum atomic E-state index is 13.1. The first-order valence-corrected chi connectivity index (χ1v) is 13.2. The maximum absolute atomic E-state index is 13.1. The van der Waals surface area contributed by atoms with Crippen LogP contribution >= 0.6 is 0 Å². The molecule has 1 amide bonds. The Kier molecular flexibility index (Phi) is 11.1. The maximum Gasteiger partial charge on any atom is 0.226 e. The van der Waals surface area contributed by atoms with Gasteiger partial charge in [0.05, 0.1) is 12.0 Å². The van der Waals surface area contributed by atoms with Gasteiger partial charge in [0.1, 0.15) is 17.9 Å². The van der Waals surface area contributed by atoms with Gasteiger partial charge in [0.15, 0.2) is 0 Å². The Bertz CT molecular complexity index is 1160. The van der Waals surface area contributed by atoms with E-state index >= 15 is 0 Å². The molecule has 0 spiro atoms. The Morgan fingerprint density at radius 1 is 0.921 bits per heavy atom. The van der Waals surface area contributed by atoms with E-state index in [4.69, 9.17) is 0 Å². The molecular weight excluding hydrogens is 476 g/mol. The molecule has 3 aromatic carbocycles. The van der Waals surface area contributed by atoms with E-state index in [1.165, 1.54) is 0 Å². The molecule has 0 aliphatic carbocycles. The highest BCUT2D eigenvalue weighted by Crippen LogP contribution is 2.22. The number of hydrogen-bond acceptors (Lipinski definition) is 4. The van der Waals surface area contributed by atoms with Crippen LogP contribution in [0.5, 0.6) is 5.75 Å². The number of rotatable bonds is 13. The number of amides is 1. The molecule has 3 aromatic rings. The molecule has 0 bridgehead atoms. The van der Waals surface area contributed by atoms with Gasteiger partial charge in [0, 0.05) is 13.0 Å². The third-order valence-corrected chi connectivity index (χ3v) is 7.01. The van der Waals surface area contributed by atoms with E-state index in [0.717, 1.165) is 27.8 Å². The summed E-state index contributed by atoms with van der Waals surface area (Å²) in [6, 6.07) is 22.8. The standard InChI is InChI=1S/C32H40N2O4/c1-22-18-26(35)19-23(2)27(22)21-29(33)31(37)15-9-14-30(36)28(20-25-12-7-4-8-13-25)32(38)34-17-16-24-10-5-3-6-11-24/h3-14,18-19,28-31,35-37H,15-17,20-21,33H2,1-2H3,(H,34,38)/p+1/b14-9+/t28-,29+,30-,31+/m1/s1. The van der Waals surface area contributed by atoms with Crippen molar-refractivity contribution in [2.24, 2.45) is 5.92 Å². The minimum absolute atomic E-state index is 0.198. The summed E-state index contributed by atoms with van der Waals surface area (Å²) in [6.07, 6.45) is 3.65. The molecule has 0 aliphatic rings. The van der Waals surface area contributed by atoms with Crippen LogP contribution in [0.25, 0.3) is 0 Å². The second kappa shape index (κ2) is 14.5. The molecular formula is C32H41N2O4+. The van der Waals surface area contributed by atoms with Gasteiger partial charge >= 0.3 is 0 Å². The molecule has 0 heterocycles. The fraction of sp³-hybridized carbons (Fsp3) is 0.344. The second-order valence-corrected chi connectivity index (χ2v) is 10.1. The van der Waals surface area contributed by atoms with Crippen LogP contribution in [0.4, 0.5) is 0 Å². The van der Waals surface area contributed by atoms with E-state index in [9.17, 15) is 20.1 Å². The summed E-state index contributed by atoms with van der Waals surface area (Å²) in [5.74, 6) is -0.619. The van der Waals surface area contributed by atoms with Crippen molar-refractivity contribution in [3.05, 3.63) is 113 Å². The van der Waals surface area contributed by atoms with Crippen molar-refractivity contribution in [1.29, 1.82) is 0 Å². The lowest BCUT2D eigenvalue weighted by atomic mass is 9.91. The van der Waals surface area contributed by atoms with E-state index in [-0.39, 0.29) is 17.7 Å². The first-order valence-electron chi connectivity index (χ1n) is 13.2. The Morgan fingerprint density at radius 2 is 1.50 bits per heavy atom. The third kappa shape index (κ3) is 8.84. The molecule has 38 heavy (non-hydrogen) atoms. The van der Waals surface area contributed by atoms with Crippen LogP contribution < -0.4 is 11.1 Å². The monoisotopic (exact) mass is 517 g/mol. The molecule has 0 radical (unpaired) electrons. The molecule has 202 valence electrons. The Hall–Kier alpha value is -3.45. The summed E-state index contributed by atoms with van der Waals surface area (Å²) in [4.78, 5) is 13.1. The van der Waals surface area contributed by atoms with E-state index in [0.29, 0.717) is 32.2 Å². The fourth-order valence-electron chi connectivity index (χ4n) is 4.72. The number of aliphatic hydroxyl groups is 2. The average molecular weight is 518 g/mol. The summed E-state index contributed by atoms with van der Waals surface area (Å²) in [7, 11) is 0. The van der Waals surface area contributed by atoms with Gasteiger partial charge in [0.25, 0.3) is 0 Å². The Balaban J connectivity index is 1.59. The number of carbonyl (C=O) groups is 1. The number of aryl methyl sites for hydroxylation is 2. The van der Waals surface area contributed by atoms with Crippen LogP contribution in [0, 0.1) is 19.8 Å². The quantitative estimate of drug-likeness (QED) is 0.224. The molecule has 0 unspecified atom stereocenters. The fourth-order valence-corrected chi connectivity index (χ4v) is 4.72. The van der Waals surface area contributed by atoms with E-state index < -0.39 is 18.1 Å². The molecule has 0 saturated heterocycles. The second-order valence-electron chi connectivity index (χ2n) is 10.1. The lowest BCUT2D eigenvalue weighted by molar-refractivity contribution is -0.436. The van der Waals surface area contributed by atoms with Crippen molar-refractivity contribution < 1.29 is 25.8 Å². The van der Waals surface area contributed by atoms with Gasteiger partial charge < -0.3 is 26.4 Å². The summed E-state index contributed by atoms with van der Waals surface area (Å²) >= 11 is 0. The normalized spacial score (nSPS) is 14.7. The third-order valence-electron chi connectivity index (χ3n) is 7.01. The number of benzene rings is 3. The van der Waals surface area contributed by atoms with Gasteiger partial charge in [-0.3, -0.25) is 4.79 Å². The lowest BCUT2D eigenvalue weighted by Crippen LogP contribution is -2.67. The first-order chi connectivity index (χ1) is 18.2. The molecule has 0 saturated carbocycles. The molecule has 3 rings (SSSR count). The van der Waals surface area contributed by atoms with Gasteiger partial charge in [-0.15, -0.1) is 0 Å². The topological polar surface area (TPSA) is 117 Å². The van der Waals surface area contributed by atoms with Gasteiger partial charge in [-0.2, -0.15) is 0 Å². The number of hydrogen-bond donors (Lipinski definition) is 5. The molecule has 6 heteroatoms. The van der Waals surface area contributed by atoms with Crippen molar-refractivity contribution in [3.63, 3.8) is 0 Å². The predicted molar refractivity (Wildman–Crippen MR) is 151 cm³/mol. The van der Waals surface area contributed by atoms with Crippen LogP contribution in [0.2, 0.25) is 0 Å². The number of nitrogens with one attached hydrogen (secondary N) is 1. The number of phenols is 1. The molecule has 6 nitrogen and oxygen atoms in total. The minimum atomic E-state index is -0.996. The smallest absolute Gasteiger partial charge is 0.226 e. The predicted octanol–water partition coefficient (Wildman–Crippen LogP) is 3.05. The molecule has 0 fully saturated rings. The van der Waals surface area contributed by atoms with Crippen molar-refractivity contribution in [3.8, 4) is 5.75 Å². The zero-order valence-electron chi connectivity index (χ0n) is 22.4. The van der Waals surface area contributed by atoms with Crippen LogP contribution in [-0.2, 0) is 24.1 Å². The summed E-state index contributed by atoms with van der Waals surface area (Å²) < 4.78 is 0. The van der Waals surface area contributed by atoms with Crippen molar-refractivity contribution >= 4 is 5.91 Å². The highest BCUT2D eigenvalue weighted by Gasteiger charge is 2.26. The summed E-state index contributed by atoms with van der Waals surface area (Å²) in [6.45, 7) is 4.37. The van der Waals surface area contributed by atoms with Crippen LogP contribution in [0.15, 0.2) is 84.9 Å². The van der Waals surface area contributed by atoms with E-state index in [2.05, 4.69) is 11.1 Å². The zero-order chi connectivity index (χ0) is 27.5. The molecule has 7 N–H and O–H groups in total. The SMILES string of the molecule is Cc1cc(O)cc(C)c1C[C@H]([NH3+])[C@@H](O)C/C=C/[C@@H](O)[C@@H](Cc1ccccc1)C(=O)NCCc1ccccc1. The largest absolute Gasteiger partial charge is 0.508 e. The average Bonchev–Trinajstić information content (AvgIpc) is 2.90. The summed E-state index contributed by atoms with van der Waals surface area (Å²) in [5, 5.41) is 34.4. The number of phenolic OH excluding ortho intramolecular Hbond substituents is 1. The highest BCUT2D eigenvalue weighted by atomic mass is 16.3. The molecule has 0 aromatic heterocycles. The van der Waals surface area contributed by atoms with Crippen molar-refractivity contribution in [1.82, 2.24) is 5.32 Å². The van der Waals surface area contributed by atoms with E-state index in [1.807, 2.05) is 74.5 Å². The number of carbonyl (C=O) groups excluding carboxylic acids is 1. The zero-order valence-corrected chi connectivity index (χ0v) is 22.4. The van der Waals surface area contributed by atoms with Crippen LogP contribution in [0.1, 0.15) is 34.2 Å². The van der Waals surface area contributed by atoms with Gasteiger partial charge in [0.2, 0.25) is 5.91 Å². The lowest BCUT2D eigenvalue weighted by Gasteiger charge is -2.21. The highest BCUT2D eigenvalue weighted by molar-refractivity contribution is 5.79. The van der Waals surface area contributed by atoms with Gasteiger partial charge in [-0.1, -0.05) is 72.8 Å². The van der Waals surface area contributed by atoms with Crippen LogP contribution in [-0.4, -0.2) is 46.0 Å². The van der Waals surface area contributed by atoms with Gasteiger partial charge in [-0.05, 0) is 73.1 Å². The number of quaternary nitrogens is 1. The van der Waals surface area contributed by atoms with E-state index in [1.54, 1.807) is 24.3 Å². The Morgan fingerprint density at radius 3 is 2.11 bits per heavy atom. The van der Waals surface area contributed by atoms with Crippen LogP contribution in [0.3, 0.4) is 0 Å². The van der Waals surface area contributed by atoms with Crippen molar-refractivity contribution in [2.45, 2.75) is 57.8 Å². The minimum Gasteiger partial charge on any atom is -0.508 e. The number of aromatic hydroxyl groups is 1. The molecule has 4 atom stereocenters. The number of aliphatic hydroxyl groups excluding tert-OH is 2. The van der Waals surface area contributed by atoms with Gasteiger partial charge in [-0.25, -0.2) is 0 Å². The molecule has 0 aliphatic heterocycles. The van der Waals surface area contributed by atoms with Crippen molar-refractivity contribution in [2.75, 3.05) is 6.54 Å². The Labute approximate surface area is 225 Å². The summed E-state index contributed by atoms with van der Waals surface area (Å²) in [5.41, 5.74) is 9.26. The first kappa shape index (κ1) is 29.1.